The van der Waals surface area contributed by atoms with Crippen molar-refractivity contribution in [3.63, 3.8) is 0 Å². The minimum atomic E-state index is -0.940. The first kappa shape index (κ1) is 23.6. The maximum Gasteiger partial charge on any atom is 0.300 e. The van der Waals surface area contributed by atoms with E-state index in [1.165, 1.54) is 11.2 Å². The zero-order chi connectivity index (χ0) is 24.6. The Morgan fingerprint density at radius 1 is 1.15 bits per heavy atom. The van der Waals surface area contributed by atoms with Crippen molar-refractivity contribution in [1.29, 1.82) is 0 Å². The monoisotopic (exact) mass is 479 g/mol. The van der Waals surface area contributed by atoms with E-state index in [0.717, 1.165) is 5.56 Å². The molecule has 0 aliphatic carbocycles. The summed E-state index contributed by atoms with van der Waals surface area (Å²) >= 11 is 6.30. The first-order chi connectivity index (χ1) is 16.2. The molecule has 1 aliphatic heterocycles. The van der Waals surface area contributed by atoms with Gasteiger partial charge in [0.2, 0.25) is 0 Å². The highest BCUT2D eigenvalue weighted by Gasteiger charge is 2.48. The molecule has 0 saturated carbocycles. The lowest BCUT2D eigenvalue weighted by atomic mass is 9.98. The number of aliphatic hydroxyl groups excluding tert-OH is 1. The lowest BCUT2D eigenvalue weighted by molar-refractivity contribution is -0.132. The van der Waals surface area contributed by atoms with Crippen LogP contribution in [0.25, 0.3) is 5.76 Å². The number of ketones is 1. The molecule has 1 aromatic heterocycles. The molecule has 1 N–H and O–H groups in total. The Morgan fingerprint density at radius 2 is 1.91 bits per heavy atom. The summed E-state index contributed by atoms with van der Waals surface area (Å²) in [6.45, 7) is 8.32. The molecule has 34 heavy (non-hydrogen) atoms. The molecule has 1 saturated heterocycles. The normalized spacial score (nSPS) is 17.6. The van der Waals surface area contributed by atoms with Crippen LogP contribution >= 0.6 is 11.6 Å². The van der Waals surface area contributed by atoms with Crippen LogP contribution in [0.15, 0.2) is 64.8 Å². The molecule has 1 aliphatic rings. The van der Waals surface area contributed by atoms with Gasteiger partial charge < -0.3 is 14.3 Å². The predicted molar refractivity (Wildman–Crippen MR) is 131 cm³/mol. The zero-order valence-corrected chi connectivity index (χ0v) is 20.2. The molecule has 4 rings (SSSR count). The van der Waals surface area contributed by atoms with Gasteiger partial charge in [0, 0.05) is 16.3 Å². The second-order valence-electron chi connectivity index (χ2n) is 8.75. The first-order valence-corrected chi connectivity index (χ1v) is 11.4. The maximum absolute atomic E-state index is 13.2. The molecule has 1 unspecified atom stereocenters. The molecular formula is C27H26ClNO5. The third kappa shape index (κ3) is 4.21. The Kier molecular flexibility index (Phi) is 6.53. The Morgan fingerprint density at radius 3 is 2.56 bits per heavy atom. The minimum Gasteiger partial charge on any atom is -0.507 e. The van der Waals surface area contributed by atoms with Crippen LogP contribution in [0.2, 0.25) is 5.02 Å². The SMILES string of the molecule is Cc1cc(/C(O)=C2/C(=O)C(=O)N(c3cccc(Cl)c3C)C2c2ccco2)ccc1OCC(C)C. The third-order valence-electron chi connectivity index (χ3n) is 5.78. The molecule has 3 aromatic rings. The van der Waals surface area contributed by atoms with Gasteiger partial charge in [-0.2, -0.15) is 0 Å². The van der Waals surface area contributed by atoms with Crippen LogP contribution in [0.5, 0.6) is 5.75 Å². The van der Waals surface area contributed by atoms with Crippen LogP contribution in [0.4, 0.5) is 5.69 Å². The van der Waals surface area contributed by atoms with Crippen molar-refractivity contribution in [2.45, 2.75) is 33.7 Å². The number of amides is 1. The number of furan rings is 1. The standard InChI is InChI=1S/C27H26ClNO5/c1-15(2)14-34-21-11-10-18(13-16(21)3)25(30)23-24(22-9-6-12-33-22)29(27(32)26(23)31)20-8-5-7-19(28)17(20)4/h5-13,15,24,30H,14H2,1-4H3/b25-23-. The molecule has 0 bridgehead atoms. The maximum atomic E-state index is 13.2. The second kappa shape index (κ2) is 9.39. The molecule has 0 spiro atoms. The van der Waals surface area contributed by atoms with E-state index in [0.29, 0.717) is 45.9 Å². The number of hydrogen-bond acceptors (Lipinski definition) is 5. The van der Waals surface area contributed by atoms with Crippen molar-refractivity contribution < 1.29 is 23.8 Å². The van der Waals surface area contributed by atoms with Gasteiger partial charge in [0.1, 0.15) is 23.3 Å². The van der Waals surface area contributed by atoms with Crippen molar-refractivity contribution in [2.75, 3.05) is 11.5 Å². The lowest BCUT2D eigenvalue weighted by Crippen LogP contribution is -2.30. The molecule has 0 radical (unpaired) electrons. The summed E-state index contributed by atoms with van der Waals surface area (Å²) in [5, 5.41) is 11.7. The summed E-state index contributed by atoms with van der Waals surface area (Å²) in [5.74, 6) is -0.415. The Balaban J connectivity index is 1.84. The van der Waals surface area contributed by atoms with Gasteiger partial charge in [-0.1, -0.05) is 31.5 Å². The summed E-state index contributed by atoms with van der Waals surface area (Å²) in [6, 6.07) is 12.7. The van der Waals surface area contributed by atoms with E-state index >= 15 is 0 Å². The number of halogens is 1. The van der Waals surface area contributed by atoms with E-state index in [2.05, 4.69) is 13.8 Å². The average Bonchev–Trinajstić information content (AvgIpc) is 3.41. The van der Waals surface area contributed by atoms with Crippen LogP contribution in [0.3, 0.4) is 0 Å². The van der Waals surface area contributed by atoms with Gasteiger partial charge in [0.05, 0.1) is 18.4 Å². The van der Waals surface area contributed by atoms with E-state index in [-0.39, 0.29) is 11.3 Å². The first-order valence-electron chi connectivity index (χ1n) is 11.0. The molecule has 1 atom stereocenters. The van der Waals surface area contributed by atoms with Crippen molar-refractivity contribution in [2.24, 2.45) is 5.92 Å². The summed E-state index contributed by atoms with van der Waals surface area (Å²) in [6.07, 6.45) is 1.46. The number of aryl methyl sites for hydroxylation is 1. The number of aliphatic hydroxyl groups is 1. The predicted octanol–water partition coefficient (Wildman–Crippen LogP) is 6.21. The van der Waals surface area contributed by atoms with Gasteiger partial charge in [-0.3, -0.25) is 14.5 Å². The molecule has 2 heterocycles. The summed E-state index contributed by atoms with van der Waals surface area (Å²) in [7, 11) is 0. The number of carbonyl (C=O) groups excluding carboxylic acids is 2. The topological polar surface area (TPSA) is 80.0 Å². The van der Waals surface area contributed by atoms with Crippen LogP contribution in [-0.4, -0.2) is 23.4 Å². The van der Waals surface area contributed by atoms with Crippen LogP contribution in [0.1, 0.15) is 42.3 Å². The molecule has 1 fully saturated rings. The highest BCUT2D eigenvalue weighted by atomic mass is 35.5. The highest BCUT2D eigenvalue weighted by Crippen LogP contribution is 2.44. The number of rotatable bonds is 6. The Bertz CT molecular complexity index is 1280. The fourth-order valence-corrected chi connectivity index (χ4v) is 4.19. The van der Waals surface area contributed by atoms with Crippen LogP contribution in [-0.2, 0) is 9.59 Å². The third-order valence-corrected chi connectivity index (χ3v) is 6.19. The number of anilines is 1. The number of benzene rings is 2. The van der Waals surface area contributed by atoms with Gasteiger partial charge in [-0.05, 0) is 73.4 Å². The van der Waals surface area contributed by atoms with Gasteiger partial charge in [0.15, 0.2) is 0 Å². The summed E-state index contributed by atoms with van der Waals surface area (Å²) in [4.78, 5) is 27.8. The molecule has 176 valence electrons. The molecule has 7 heteroatoms. The molecule has 1 amide bonds. The van der Waals surface area contributed by atoms with Crippen LogP contribution < -0.4 is 9.64 Å². The van der Waals surface area contributed by atoms with Gasteiger partial charge in [-0.15, -0.1) is 0 Å². The quantitative estimate of drug-likeness (QED) is 0.258. The van der Waals surface area contributed by atoms with Crippen LogP contribution in [0, 0.1) is 19.8 Å². The van der Waals surface area contributed by atoms with E-state index in [4.69, 9.17) is 20.8 Å². The van der Waals surface area contributed by atoms with Crippen molar-refractivity contribution in [1.82, 2.24) is 0 Å². The Labute approximate surface area is 203 Å². The van der Waals surface area contributed by atoms with Crippen molar-refractivity contribution in [3.8, 4) is 5.75 Å². The van der Waals surface area contributed by atoms with E-state index in [1.807, 2.05) is 6.92 Å². The lowest BCUT2D eigenvalue weighted by Gasteiger charge is -2.25. The highest BCUT2D eigenvalue weighted by molar-refractivity contribution is 6.52. The minimum absolute atomic E-state index is 0.0467. The molecule has 2 aromatic carbocycles. The van der Waals surface area contributed by atoms with Crippen molar-refractivity contribution in [3.05, 3.63) is 87.8 Å². The van der Waals surface area contributed by atoms with E-state index in [1.54, 1.807) is 55.5 Å². The largest absolute Gasteiger partial charge is 0.507 e. The fraction of sp³-hybridized carbons (Fsp3) is 0.259. The number of nitrogens with zero attached hydrogens (tertiary/aromatic N) is 1. The van der Waals surface area contributed by atoms with Crippen molar-refractivity contribution >= 4 is 34.7 Å². The van der Waals surface area contributed by atoms with Gasteiger partial charge in [0.25, 0.3) is 11.7 Å². The van der Waals surface area contributed by atoms with E-state index < -0.39 is 17.7 Å². The summed E-state index contributed by atoms with van der Waals surface area (Å²) in [5.41, 5.74) is 2.29. The zero-order valence-electron chi connectivity index (χ0n) is 19.5. The number of Topliss-reactive ketones (excluding diaryl/α,β-unsaturated/α-hetero) is 1. The molecular weight excluding hydrogens is 454 g/mol. The summed E-state index contributed by atoms with van der Waals surface area (Å²) < 4.78 is 11.4. The number of hydrogen-bond donors (Lipinski definition) is 1. The average molecular weight is 480 g/mol. The smallest absolute Gasteiger partial charge is 0.300 e. The molecule has 6 nitrogen and oxygen atoms in total. The van der Waals surface area contributed by atoms with Gasteiger partial charge in [-0.25, -0.2) is 0 Å². The fourth-order valence-electron chi connectivity index (χ4n) is 4.02. The Hall–Kier alpha value is -3.51. The number of carbonyl (C=O) groups is 2. The van der Waals surface area contributed by atoms with E-state index in [9.17, 15) is 14.7 Å². The number of ether oxygens (including phenoxy) is 1. The van der Waals surface area contributed by atoms with Gasteiger partial charge >= 0.3 is 0 Å². The second-order valence-corrected chi connectivity index (χ2v) is 9.16.